The highest BCUT2D eigenvalue weighted by molar-refractivity contribution is 9.10. The average molecular weight is 262 g/mol. The van der Waals surface area contributed by atoms with E-state index in [-0.39, 0.29) is 12.5 Å². The number of furan rings is 1. The highest BCUT2D eigenvalue weighted by Gasteiger charge is 2.04. The van der Waals surface area contributed by atoms with Gasteiger partial charge in [-0.3, -0.25) is 10.1 Å². The number of carbonyl (C=O) groups excluding carboxylic acids is 1. The molecule has 0 unspecified atom stereocenters. The molecule has 0 amide bonds. The van der Waals surface area contributed by atoms with Crippen molar-refractivity contribution in [3.05, 3.63) is 22.6 Å². The fourth-order valence-electron chi connectivity index (χ4n) is 0.941. The zero-order valence-corrected chi connectivity index (χ0v) is 9.46. The highest BCUT2D eigenvalue weighted by Crippen LogP contribution is 2.16. The third-order valence-corrected chi connectivity index (χ3v) is 2.26. The number of hydrogen-bond donors (Lipinski definition) is 1. The van der Waals surface area contributed by atoms with Crippen molar-refractivity contribution in [1.29, 1.82) is 0 Å². The third-order valence-electron chi connectivity index (χ3n) is 1.55. The Labute approximate surface area is 90.7 Å². The van der Waals surface area contributed by atoms with Gasteiger partial charge in [0, 0.05) is 0 Å². The van der Waals surface area contributed by atoms with E-state index < -0.39 is 0 Å². The summed E-state index contributed by atoms with van der Waals surface area (Å²) >= 11 is 3.31. The van der Waals surface area contributed by atoms with Gasteiger partial charge in [-0.25, -0.2) is 0 Å². The molecule has 1 heterocycles. The molecule has 0 aliphatic carbocycles. The molecule has 1 aromatic heterocycles. The number of esters is 1. The molecule has 0 aliphatic heterocycles. The first kappa shape index (κ1) is 11.3. The van der Waals surface area contributed by atoms with E-state index in [0.717, 1.165) is 10.2 Å². The first-order chi connectivity index (χ1) is 6.74. The van der Waals surface area contributed by atoms with Gasteiger partial charge in [-0.2, -0.15) is 0 Å². The van der Waals surface area contributed by atoms with E-state index in [1.54, 1.807) is 19.3 Å². The van der Waals surface area contributed by atoms with Crippen LogP contribution in [0.3, 0.4) is 0 Å². The van der Waals surface area contributed by atoms with Gasteiger partial charge in [-0.1, -0.05) is 0 Å². The van der Waals surface area contributed by atoms with Crippen LogP contribution in [0.1, 0.15) is 12.7 Å². The lowest BCUT2D eigenvalue weighted by Gasteiger charge is -2.02. The van der Waals surface area contributed by atoms with E-state index in [1.807, 2.05) is 0 Å². The molecule has 0 spiro atoms. The van der Waals surface area contributed by atoms with Crippen molar-refractivity contribution in [1.82, 2.24) is 5.32 Å². The zero-order valence-electron chi connectivity index (χ0n) is 7.88. The molecule has 0 fully saturated rings. The van der Waals surface area contributed by atoms with Crippen molar-refractivity contribution < 1.29 is 13.9 Å². The molecule has 0 radical (unpaired) electrons. The van der Waals surface area contributed by atoms with Gasteiger partial charge in [0.1, 0.15) is 5.76 Å². The summed E-state index contributed by atoms with van der Waals surface area (Å²) in [7, 11) is 0. The summed E-state index contributed by atoms with van der Waals surface area (Å²) in [6.07, 6.45) is 1.59. The number of rotatable bonds is 5. The fraction of sp³-hybridized carbons (Fsp3) is 0.444. The number of hydrogen-bond acceptors (Lipinski definition) is 4. The van der Waals surface area contributed by atoms with Crippen LogP contribution in [0.2, 0.25) is 0 Å². The lowest BCUT2D eigenvalue weighted by molar-refractivity contribution is -0.142. The van der Waals surface area contributed by atoms with Gasteiger partial charge >= 0.3 is 5.97 Å². The number of halogens is 1. The summed E-state index contributed by atoms with van der Waals surface area (Å²) in [5.74, 6) is 0.518. The van der Waals surface area contributed by atoms with Crippen LogP contribution < -0.4 is 5.32 Å². The minimum Gasteiger partial charge on any atom is -0.467 e. The fourth-order valence-corrected chi connectivity index (χ4v) is 1.28. The molecule has 14 heavy (non-hydrogen) atoms. The van der Waals surface area contributed by atoms with Crippen molar-refractivity contribution in [2.24, 2.45) is 0 Å². The lowest BCUT2D eigenvalue weighted by atomic mass is 10.4. The smallest absolute Gasteiger partial charge is 0.319 e. The summed E-state index contributed by atoms with van der Waals surface area (Å²) in [6, 6.07) is 1.81. The minimum atomic E-state index is -0.254. The molecule has 78 valence electrons. The molecule has 0 saturated heterocycles. The van der Waals surface area contributed by atoms with Gasteiger partial charge < -0.3 is 9.15 Å². The molecule has 0 aromatic carbocycles. The van der Waals surface area contributed by atoms with Crippen LogP contribution in [-0.4, -0.2) is 19.1 Å². The second-order valence-electron chi connectivity index (χ2n) is 2.60. The second-order valence-corrected chi connectivity index (χ2v) is 3.45. The average Bonchev–Trinajstić information content (AvgIpc) is 2.52. The molecule has 1 N–H and O–H groups in total. The molecular formula is C9H12BrNO3. The summed E-state index contributed by atoms with van der Waals surface area (Å²) in [5.41, 5.74) is 0. The van der Waals surface area contributed by atoms with E-state index >= 15 is 0 Å². The molecule has 0 aliphatic rings. The van der Waals surface area contributed by atoms with Gasteiger partial charge in [-0.15, -0.1) is 0 Å². The Kier molecular flexibility index (Phi) is 4.69. The van der Waals surface area contributed by atoms with Crippen molar-refractivity contribution >= 4 is 21.9 Å². The third kappa shape index (κ3) is 3.51. The molecule has 0 saturated carbocycles. The van der Waals surface area contributed by atoms with Crippen LogP contribution >= 0.6 is 15.9 Å². The van der Waals surface area contributed by atoms with Crippen molar-refractivity contribution in [3.63, 3.8) is 0 Å². The Morgan fingerprint density at radius 2 is 2.50 bits per heavy atom. The Morgan fingerprint density at radius 3 is 3.07 bits per heavy atom. The summed E-state index contributed by atoms with van der Waals surface area (Å²) in [4.78, 5) is 10.9. The summed E-state index contributed by atoms with van der Waals surface area (Å²) in [5, 5.41) is 2.91. The Morgan fingerprint density at radius 1 is 1.71 bits per heavy atom. The zero-order chi connectivity index (χ0) is 10.4. The van der Waals surface area contributed by atoms with E-state index in [1.165, 1.54) is 0 Å². The van der Waals surface area contributed by atoms with Crippen LogP contribution in [0.15, 0.2) is 21.2 Å². The van der Waals surface area contributed by atoms with Gasteiger partial charge in [0.25, 0.3) is 0 Å². The Balaban J connectivity index is 2.22. The molecule has 0 atom stereocenters. The highest BCUT2D eigenvalue weighted by atomic mass is 79.9. The normalized spacial score (nSPS) is 10.1. The van der Waals surface area contributed by atoms with Gasteiger partial charge in [0.15, 0.2) is 0 Å². The summed E-state index contributed by atoms with van der Waals surface area (Å²) < 4.78 is 10.8. The Hall–Kier alpha value is -0.810. The van der Waals surface area contributed by atoms with Crippen LogP contribution in [0, 0.1) is 0 Å². The molecular weight excluding hydrogens is 250 g/mol. The standard InChI is InChI=1S/C9H12BrNO3/c1-2-13-9(12)6-11-5-8-7(10)3-4-14-8/h3-4,11H,2,5-6H2,1H3. The number of nitrogens with one attached hydrogen (secondary N) is 1. The SMILES string of the molecule is CCOC(=O)CNCc1occc1Br. The summed E-state index contributed by atoms with van der Waals surface area (Å²) in [6.45, 7) is 2.89. The predicted molar refractivity (Wildman–Crippen MR) is 54.7 cm³/mol. The minimum absolute atomic E-state index is 0.195. The monoisotopic (exact) mass is 261 g/mol. The van der Waals surface area contributed by atoms with E-state index in [9.17, 15) is 4.79 Å². The van der Waals surface area contributed by atoms with E-state index in [4.69, 9.17) is 9.15 Å². The first-order valence-electron chi connectivity index (χ1n) is 4.32. The number of ether oxygens (including phenoxy) is 1. The largest absolute Gasteiger partial charge is 0.467 e. The maximum atomic E-state index is 10.9. The molecule has 0 bridgehead atoms. The molecule has 1 aromatic rings. The van der Waals surface area contributed by atoms with Crippen LogP contribution in [0.4, 0.5) is 0 Å². The van der Waals surface area contributed by atoms with Gasteiger partial charge in [-0.05, 0) is 28.9 Å². The van der Waals surface area contributed by atoms with Crippen LogP contribution in [-0.2, 0) is 16.1 Å². The van der Waals surface area contributed by atoms with Crippen molar-refractivity contribution in [2.75, 3.05) is 13.2 Å². The topological polar surface area (TPSA) is 51.5 Å². The van der Waals surface area contributed by atoms with Gasteiger partial charge in [0.2, 0.25) is 0 Å². The molecule has 1 rings (SSSR count). The van der Waals surface area contributed by atoms with E-state index in [0.29, 0.717) is 13.2 Å². The van der Waals surface area contributed by atoms with Crippen molar-refractivity contribution in [2.45, 2.75) is 13.5 Å². The van der Waals surface area contributed by atoms with Crippen LogP contribution in [0.5, 0.6) is 0 Å². The Bertz CT molecular complexity index is 298. The van der Waals surface area contributed by atoms with Gasteiger partial charge in [0.05, 0.1) is 30.4 Å². The lowest BCUT2D eigenvalue weighted by Crippen LogP contribution is -2.24. The molecule has 5 heteroatoms. The number of carbonyl (C=O) groups is 1. The van der Waals surface area contributed by atoms with Crippen molar-refractivity contribution in [3.8, 4) is 0 Å². The maximum absolute atomic E-state index is 10.9. The first-order valence-corrected chi connectivity index (χ1v) is 5.11. The maximum Gasteiger partial charge on any atom is 0.319 e. The van der Waals surface area contributed by atoms with E-state index in [2.05, 4.69) is 21.2 Å². The quantitative estimate of drug-likeness (QED) is 0.820. The molecule has 4 nitrogen and oxygen atoms in total. The van der Waals surface area contributed by atoms with Crippen LogP contribution in [0.25, 0.3) is 0 Å². The second kappa shape index (κ2) is 5.82. The predicted octanol–water partition coefficient (Wildman–Crippen LogP) is 1.69.